The number of rotatable bonds is 5. The van der Waals surface area contributed by atoms with Crippen LogP contribution in [0, 0.1) is 5.82 Å². The summed E-state index contributed by atoms with van der Waals surface area (Å²) in [5, 5.41) is 7.08. The third kappa shape index (κ3) is 4.18. The molecule has 1 aliphatic rings. The minimum atomic E-state index is -4.59. The summed E-state index contributed by atoms with van der Waals surface area (Å²) in [5.41, 5.74) is 5.60. The van der Waals surface area contributed by atoms with Crippen LogP contribution in [-0.4, -0.2) is 36.1 Å². The molecule has 2 atom stereocenters. The molecule has 0 spiro atoms. The van der Waals surface area contributed by atoms with E-state index in [1.807, 2.05) is 0 Å². The third-order valence-electron chi connectivity index (χ3n) is 5.53. The number of ether oxygens (including phenoxy) is 2. The van der Waals surface area contributed by atoms with Crippen molar-refractivity contribution in [1.29, 1.82) is 0 Å². The standard InChI is InChI=1S/C22H20F4N4O3/c1-32-17-6-4-11(8-18(17)33-2)15-9-19(22(24,25)26)30-20(28-15)10-16(29-30)13-5-3-12(21(27)31)7-14(13)23/h3-8,10,15,19,28H,9H2,1-2H3,(H2,27,31)/t15-,19+/m0/s1. The highest BCUT2D eigenvalue weighted by atomic mass is 19.4. The van der Waals surface area contributed by atoms with Crippen LogP contribution in [0.25, 0.3) is 11.3 Å². The quantitative estimate of drug-likeness (QED) is 0.544. The number of methoxy groups -OCH3 is 2. The third-order valence-corrected chi connectivity index (χ3v) is 5.53. The highest BCUT2D eigenvalue weighted by molar-refractivity contribution is 5.93. The van der Waals surface area contributed by atoms with Gasteiger partial charge in [0, 0.05) is 23.6 Å². The zero-order valence-electron chi connectivity index (χ0n) is 17.6. The smallest absolute Gasteiger partial charge is 0.410 e. The Morgan fingerprint density at radius 3 is 2.45 bits per heavy atom. The fourth-order valence-electron chi connectivity index (χ4n) is 3.87. The Hall–Kier alpha value is -3.76. The van der Waals surface area contributed by atoms with Crippen molar-refractivity contribution in [2.24, 2.45) is 5.73 Å². The van der Waals surface area contributed by atoms with Crippen LogP contribution in [0.3, 0.4) is 0 Å². The Bertz CT molecular complexity index is 1210. The average molecular weight is 464 g/mol. The minimum absolute atomic E-state index is 0.00627. The number of carbonyl (C=O) groups is 1. The zero-order valence-corrected chi connectivity index (χ0v) is 17.6. The molecule has 2 heterocycles. The number of primary amides is 1. The molecular weight excluding hydrogens is 444 g/mol. The van der Waals surface area contributed by atoms with Crippen LogP contribution in [0.1, 0.15) is 34.4 Å². The fraction of sp³-hybridized carbons (Fsp3) is 0.273. The van der Waals surface area contributed by atoms with E-state index in [9.17, 15) is 22.4 Å². The molecule has 3 N–H and O–H groups in total. The van der Waals surface area contributed by atoms with Crippen molar-refractivity contribution >= 4 is 11.7 Å². The summed E-state index contributed by atoms with van der Waals surface area (Å²) in [6.45, 7) is 0. The van der Waals surface area contributed by atoms with Gasteiger partial charge >= 0.3 is 6.18 Å². The number of halogens is 4. The van der Waals surface area contributed by atoms with Gasteiger partial charge in [-0.15, -0.1) is 0 Å². The maximum absolute atomic E-state index is 14.6. The second-order valence-electron chi connectivity index (χ2n) is 7.52. The van der Waals surface area contributed by atoms with Crippen LogP contribution in [0.4, 0.5) is 23.4 Å². The molecule has 2 aromatic carbocycles. The maximum Gasteiger partial charge on any atom is 0.410 e. The monoisotopic (exact) mass is 464 g/mol. The molecule has 1 aromatic heterocycles. The lowest BCUT2D eigenvalue weighted by atomic mass is 9.96. The lowest BCUT2D eigenvalue weighted by Gasteiger charge is -2.33. The number of carbonyl (C=O) groups excluding carboxylic acids is 1. The Balaban J connectivity index is 1.75. The average Bonchev–Trinajstić information content (AvgIpc) is 3.20. The molecule has 7 nitrogen and oxygen atoms in total. The van der Waals surface area contributed by atoms with E-state index >= 15 is 0 Å². The van der Waals surface area contributed by atoms with E-state index in [1.54, 1.807) is 18.2 Å². The molecule has 33 heavy (non-hydrogen) atoms. The molecule has 174 valence electrons. The predicted octanol–water partition coefficient (Wildman–Crippen LogP) is 4.47. The highest BCUT2D eigenvalue weighted by Crippen LogP contribution is 2.45. The van der Waals surface area contributed by atoms with Gasteiger partial charge in [-0.05, 0) is 35.9 Å². The SMILES string of the molecule is COc1ccc([C@@H]2C[C@H](C(F)(F)F)n3nc(-c4ccc(C(N)=O)cc4F)cc3N2)cc1OC. The number of nitrogens with zero attached hydrogens (tertiary/aromatic N) is 2. The second-order valence-corrected chi connectivity index (χ2v) is 7.52. The van der Waals surface area contributed by atoms with Gasteiger partial charge in [0.2, 0.25) is 5.91 Å². The lowest BCUT2D eigenvalue weighted by Crippen LogP contribution is -2.35. The van der Waals surface area contributed by atoms with Crippen LogP contribution in [0.2, 0.25) is 0 Å². The number of amides is 1. The summed E-state index contributed by atoms with van der Waals surface area (Å²) in [6, 6.07) is 7.06. The topological polar surface area (TPSA) is 91.4 Å². The molecule has 0 bridgehead atoms. The number of nitrogens with two attached hydrogens (primary N) is 1. The van der Waals surface area contributed by atoms with Crippen molar-refractivity contribution in [3.8, 4) is 22.8 Å². The molecule has 11 heteroatoms. The first-order valence-corrected chi connectivity index (χ1v) is 9.86. The van der Waals surface area contributed by atoms with Gasteiger partial charge in [0.05, 0.1) is 26.0 Å². The van der Waals surface area contributed by atoms with Gasteiger partial charge in [-0.25, -0.2) is 9.07 Å². The minimum Gasteiger partial charge on any atom is -0.493 e. The molecule has 0 saturated heterocycles. The van der Waals surface area contributed by atoms with Gasteiger partial charge in [-0.2, -0.15) is 18.3 Å². The molecule has 0 fully saturated rings. The largest absolute Gasteiger partial charge is 0.493 e. The van der Waals surface area contributed by atoms with E-state index in [-0.39, 0.29) is 29.1 Å². The van der Waals surface area contributed by atoms with Gasteiger partial charge in [0.15, 0.2) is 17.5 Å². The highest BCUT2D eigenvalue weighted by Gasteiger charge is 2.46. The number of aromatic nitrogens is 2. The summed E-state index contributed by atoms with van der Waals surface area (Å²) >= 11 is 0. The molecule has 3 aromatic rings. The van der Waals surface area contributed by atoms with E-state index in [2.05, 4.69) is 10.4 Å². The van der Waals surface area contributed by atoms with Gasteiger partial charge < -0.3 is 20.5 Å². The molecule has 0 saturated carbocycles. The molecule has 1 amide bonds. The van der Waals surface area contributed by atoms with Gasteiger partial charge in [0.25, 0.3) is 0 Å². The number of fused-ring (bicyclic) bond motifs is 1. The van der Waals surface area contributed by atoms with Crippen LogP contribution in [-0.2, 0) is 0 Å². The van der Waals surface area contributed by atoms with Crippen molar-refractivity contribution in [3.05, 3.63) is 59.4 Å². The van der Waals surface area contributed by atoms with E-state index in [0.717, 1.165) is 10.7 Å². The van der Waals surface area contributed by atoms with Crippen molar-refractivity contribution < 1.29 is 31.8 Å². The summed E-state index contributed by atoms with van der Waals surface area (Å²) in [7, 11) is 2.90. The molecule has 0 radical (unpaired) electrons. The normalized spacial score (nSPS) is 17.8. The number of benzene rings is 2. The first-order valence-electron chi connectivity index (χ1n) is 9.86. The Kier molecular flexibility index (Phi) is 5.64. The Labute approximate surface area is 186 Å². The van der Waals surface area contributed by atoms with Gasteiger partial charge in [-0.3, -0.25) is 4.79 Å². The molecule has 4 rings (SSSR count). The van der Waals surface area contributed by atoms with E-state index < -0.39 is 30.0 Å². The first-order chi connectivity index (χ1) is 15.6. The molecule has 0 aliphatic carbocycles. The fourth-order valence-corrected chi connectivity index (χ4v) is 3.87. The van der Waals surface area contributed by atoms with Crippen LogP contribution in [0.15, 0.2) is 42.5 Å². The number of alkyl halides is 3. The molecule has 0 unspecified atom stereocenters. The number of nitrogens with one attached hydrogen (secondary N) is 1. The van der Waals surface area contributed by atoms with Crippen LogP contribution in [0.5, 0.6) is 11.5 Å². The van der Waals surface area contributed by atoms with E-state index in [4.69, 9.17) is 15.2 Å². The van der Waals surface area contributed by atoms with Crippen LogP contribution < -0.4 is 20.5 Å². The summed E-state index contributed by atoms with van der Waals surface area (Å²) in [4.78, 5) is 11.3. The van der Waals surface area contributed by atoms with E-state index in [0.29, 0.717) is 17.1 Å². The van der Waals surface area contributed by atoms with Gasteiger partial charge in [-0.1, -0.05) is 6.07 Å². The van der Waals surface area contributed by atoms with Crippen molar-refractivity contribution in [3.63, 3.8) is 0 Å². The summed E-state index contributed by atoms with van der Waals surface area (Å²) < 4.78 is 67.7. The number of hydrogen-bond donors (Lipinski definition) is 2. The lowest BCUT2D eigenvalue weighted by molar-refractivity contribution is -0.173. The van der Waals surface area contributed by atoms with Crippen molar-refractivity contribution in [2.75, 3.05) is 19.5 Å². The number of anilines is 1. The summed E-state index contributed by atoms with van der Waals surface area (Å²) in [5.74, 6) is -0.719. The molecular formula is C22H20F4N4O3. The Morgan fingerprint density at radius 2 is 1.85 bits per heavy atom. The van der Waals surface area contributed by atoms with E-state index in [1.165, 1.54) is 32.4 Å². The first kappa shape index (κ1) is 22.4. The predicted molar refractivity (Wildman–Crippen MR) is 112 cm³/mol. The molecule has 1 aliphatic heterocycles. The Morgan fingerprint density at radius 1 is 1.12 bits per heavy atom. The van der Waals surface area contributed by atoms with Gasteiger partial charge in [0.1, 0.15) is 11.6 Å². The zero-order chi connectivity index (χ0) is 23.9. The van der Waals surface area contributed by atoms with Crippen molar-refractivity contribution in [2.45, 2.75) is 24.7 Å². The van der Waals surface area contributed by atoms with Crippen LogP contribution >= 0.6 is 0 Å². The van der Waals surface area contributed by atoms with Crippen molar-refractivity contribution in [1.82, 2.24) is 9.78 Å². The number of hydrogen-bond acceptors (Lipinski definition) is 5. The maximum atomic E-state index is 14.6. The summed E-state index contributed by atoms with van der Waals surface area (Å²) in [6.07, 6.45) is -4.93. The second kappa shape index (κ2) is 8.30.